The normalized spacial score (nSPS) is 10.3. The van der Waals surface area contributed by atoms with E-state index >= 15 is 0 Å². The van der Waals surface area contributed by atoms with Crippen molar-refractivity contribution in [2.24, 2.45) is 0 Å². The Morgan fingerprint density at radius 1 is 1.00 bits per heavy atom. The van der Waals surface area contributed by atoms with E-state index in [4.69, 9.17) is 25.5 Å². The molecule has 0 aliphatic heterocycles. The zero-order chi connectivity index (χ0) is 19.1. The molecule has 27 heavy (non-hydrogen) atoms. The van der Waals surface area contributed by atoms with E-state index in [1.54, 1.807) is 60.7 Å². The van der Waals surface area contributed by atoms with Crippen LogP contribution in [0.2, 0.25) is 5.02 Å². The van der Waals surface area contributed by atoms with Crippen LogP contribution in [0.1, 0.15) is 20.9 Å². The third-order valence-corrected chi connectivity index (χ3v) is 3.74. The number of esters is 1. The SMILES string of the molecule is O=C(OCCOc1cccc(Cl)c1)c1ccc(NC(=O)c2ccco2)cc1. The van der Waals surface area contributed by atoms with Crippen molar-refractivity contribution in [1.82, 2.24) is 0 Å². The summed E-state index contributed by atoms with van der Waals surface area (Å²) in [6.45, 7) is 0.311. The molecule has 6 nitrogen and oxygen atoms in total. The van der Waals surface area contributed by atoms with Gasteiger partial charge in [-0.1, -0.05) is 17.7 Å². The Labute approximate surface area is 160 Å². The molecule has 138 valence electrons. The number of carbonyl (C=O) groups is 2. The van der Waals surface area contributed by atoms with E-state index in [1.165, 1.54) is 6.26 Å². The second-order valence-corrected chi connectivity index (χ2v) is 5.89. The fourth-order valence-corrected chi connectivity index (χ4v) is 2.40. The Hall–Kier alpha value is -3.25. The first kappa shape index (κ1) is 18.5. The van der Waals surface area contributed by atoms with Crippen LogP contribution in [-0.2, 0) is 4.74 Å². The van der Waals surface area contributed by atoms with E-state index in [0.717, 1.165) is 0 Å². The second-order valence-electron chi connectivity index (χ2n) is 5.45. The molecule has 0 bridgehead atoms. The topological polar surface area (TPSA) is 77.8 Å². The first-order valence-electron chi connectivity index (χ1n) is 8.12. The molecule has 1 heterocycles. The van der Waals surface area contributed by atoms with Crippen molar-refractivity contribution >= 4 is 29.2 Å². The highest BCUT2D eigenvalue weighted by atomic mass is 35.5. The molecule has 0 saturated carbocycles. The number of ether oxygens (including phenoxy) is 2. The first-order chi connectivity index (χ1) is 13.1. The number of anilines is 1. The van der Waals surface area contributed by atoms with Crippen molar-refractivity contribution in [3.8, 4) is 5.75 Å². The molecule has 3 rings (SSSR count). The van der Waals surface area contributed by atoms with Gasteiger partial charge in [-0.2, -0.15) is 0 Å². The summed E-state index contributed by atoms with van der Waals surface area (Å²) in [6.07, 6.45) is 1.42. The summed E-state index contributed by atoms with van der Waals surface area (Å²) in [5.41, 5.74) is 0.908. The molecule has 0 spiro atoms. The lowest BCUT2D eigenvalue weighted by atomic mass is 10.2. The van der Waals surface area contributed by atoms with Crippen molar-refractivity contribution < 1.29 is 23.5 Å². The largest absolute Gasteiger partial charge is 0.490 e. The van der Waals surface area contributed by atoms with Crippen LogP contribution >= 0.6 is 11.6 Å². The zero-order valence-corrected chi connectivity index (χ0v) is 14.9. The predicted octanol–water partition coefficient (Wildman–Crippen LogP) is 4.42. The summed E-state index contributed by atoms with van der Waals surface area (Å²) in [7, 11) is 0. The summed E-state index contributed by atoms with van der Waals surface area (Å²) in [5.74, 6) is -0.0320. The number of furan rings is 1. The number of hydrogen-bond acceptors (Lipinski definition) is 5. The van der Waals surface area contributed by atoms with Gasteiger partial charge in [0, 0.05) is 10.7 Å². The van der Waals surface area contributed by atoms with Crippen LogP contribution in [0, 0.1) is 0 Å². The molecular weight excluding hydrogens is 370 g/mol. The smallest absolute Gasteiger partial charge is 0.338 e. The highest BCUT2D eigenvalue weighted by molar-refractivity contribution is 6.30. The van der Waals surface area contributed by atoms with Gasteiger partial charge in [-0.15, -0.1) is 0 Å². The number of carbonyl (C=O) groups excluding carboxylic acids is 2. The Morgan fingerprint density at radius 2 is 1.81 bits per heavy atom. The van der Waals surface area contributed by atoms with Gasteiger partial charge in [0.15, 0.2) is 5.76 Å². The van der Waals surface area contributed by atoms with E-state index in [0.29, 0.717) is 22.0 Å². The van der Waals surface area contributed by atoms with Crippen LogP contribution in [0.25, 0.3) is 0 Å². The Kier molecular flexibility index (Phi) is 6.12. The zero-order valence-electron chi connectivity index (χ0n) is 14.2. The van der Waals surface area contributed by atoms with Gasteiger partial charge in [-0.05, 0) is 54.6 Å². The maximum atomic E-state index is 12.0. The van der Waals surface area contributed by atoms with E-state index in [-0.39, 0.29) is 24.9 Å². The van der Waals surface area contributed by atoms with Crippen LogP contribution in [0.4, 0.5) is 5.69 Å². The lowest BCUT2D eigenvalue weighted by Crippen LogP contribution is -2.13. The van der Waals surface area contributed by atoms with E-state index in [1.807, 2.05) is 0 Å². The molecule has 0 unspecified atom stereocenters. The minimum Gasteiger partial charge on any atom is -0.490 e. The predicted molar refractivity (Wildman–Crippen MR) is 100 cm³/mol. The average Bonchev–Trinajstić information content (AvgIpc) is 3.21. The van der Waals surface area contributed by atoms with Crippen molar-refractivity contribution in [1.29, 1.82) is 0 Å². The molecule has 3 aromatic rings. The van der Waals surface area contributed by atoms with Crippen molar-refractivity contribution in [3.63, 3.8) is 0 Å². The van der Waals surface area contributed by atoms with Gasteiger partial charge >= 0.3 is 5.97 Å². The molecule has 1 amide bonds. The van der Waals surface area contributed by atoms with Crippen molar-refractivity contribution in [3.05, 3.63) is 83.3 Å². The standard InChI is InChI=1S/C20H16ClNO5/c21-15-3-1-4-17(13-15)25-11-12-27-20(24)14-6-8-16(9-7-14)22-19(23)18-5-2-10-26-18/h1-10,13H,11-12H2,(H,22,23). The third-order valence-electron chi connectivity index (χ3n) is 3.50. The third kappa shape index (κ3) is 5.36. The number of nitrogens with one attached hydrogen (secondary N) is 1. The molecule has 0 saturated heterocycles. The van der Waals surface area contributed by atoms with Gasteiger partial charge in [0.25, 0.3) is 5.91 Å². The minimum atomic E-state index is -0.478. The summed E-state index contributed by atoms with van der Waals surface area (Å²) < 4.78 is 15.6. The van der Waals surface area contributed by atoms with Gasteiger partial charge in [-0.3, -0.25) is 4.79 Å². The van der Waals surface area contributed by atoms with Gasteiger partial charge in [-0.25, -0.2) is 4.79 Å². The Bertz CT molecular complexity index is 906. The summed E-state index contributed by atoms with van der Waals surface area (Å²) in [4.78, 5) is 23.9. The molecule has 0 aliphatic carbocycles. The quantitative estimate of drug-likeness (QED) is 0.481. The molecule has 0 radical (unpaired) electrons. The minimum absolute atomic E-state index is 0.0995. The maximum Gasteiger partial charge on any atom is 0.338 e. The van der Waals surface area contributed by atoms with Crippen LogP contribution in [0.5, 0.6) is 5.75 Å². The van der Waals surface area contributed by atoms with E-state index < -0.39 is 5.97 Å². The molecule has 2 aromatic carbocycles. The monoisotopic (exact) mass is 385 g/mol. The van der Waals surface area contributed by atoms with Gasteiger partial charge in [0.2, 0.25) is 0 Å². The summed E-state index contributed by atoms with van der Waals surface area (Å²) in [5, 5.41) is 3.24. The highest BCUT2D eigenvalue weighted by Gasteiger charge is 2.10. The van der Waals surface area contributed by atoms with Crippen LogP contribution in [-0.4, -0.2) is 25.1 Å². The molecule has 0 atom stereocenters. The van der Waals surface area contributed by atoms with Crippen LogP contribution < -0.4 is 10.1 Å². The van der Waals surface area contributed by atoms with Gasteiger partial charge in [0.05, 0.1) is 11.8 Å². The Morgan fingerprint density at radius 3 is 2.52 bits per heavy atom. The molecule has 7 heteroatoms. The molecule has 0 aliphatic rings. The van der Waals surface area contributed by atoms with Crippen molar-refractivity contribution in [2.45, 2.75) is 0 Å². The van der Waals surface area contributed by atoms with Crippen molar-refractivity contribution in [2.75, 3.05) is 18.5 Å². The fraction of sp³-hybridized carbons (Fsp3) is 0.100. The van der Waals surface area contributed by atoms with E-state index in [9.17, 15) is 9.59 Å². The first-order valence-corrected chi connectivity index (χ1v) is 8.50. The number of benzene rings is 2. The maximum absolute atomic E-state index is 12.0. The molecule has 1 N–H and O–H groups in total. The summed E-state index contributed by atoms with van der Waals surface area (Å²) in [6, 6.07) is 16.5. The van der Waals surface area contributed by atoms with Gasteiger partial charge in [0.1, 0.15) is 19.0 Å². The Balaban J connectivity index is 1.45. The van der Waals surface area contributed by atoms with Crippen LogP contribution in [0.15, 0.2) is 71.3 Å². The van der Waals surface area contributed by atoms with Crippen LogP contribution in [0.3, 0.4) is 0 Å². The molecule has 1 aromatic heterocycles. The number of rotatable bonds is 7. The highest BCUT2D eigenvalue weighted by Crippen LogP contribution is 2.17. The van der Waals surface area contributed by atoms with Gasteiger partial charge < -0.3 is 19.2 Å². The lowest BCUT2D eigenvalue weighted by Gasteiger charge is -2.08. The van der Waals surface area contributed by atoms with E-state index in [2.05, 4.69) is 5.32 Å². The summed E-state index contributed by atoms with van der Waals surface area (Å²) >= 11 is 5.86. The second kappa shape index (κ2) is 8.91. The fourth-order valence-electron chi connectivity index (χ4n) is 2.22. The number of halogens is 1. The number of amides is 1. The molecular formula is C20H16ClNO5. The average molecular weight is 386 g/mol. The number of hydrogen-bond donors (Lipinski definition) is 1. The lowest BCUT2D eigenvalue weighted by molar-refractivity contribution is 0.0450. The molecule has 0 fully saturated rings.